The molecule has 0 spiro atoms. The van der Waals surface area contributed by atoms with Crippen molar-refractivity contribution < 1.29 is 14.4 Å². The van der Waals surface area contributed by atoms with Gasteiger partial charge in [-0.05, 0) is 19.0 Å². The summed E-state index contributed by atoms with van der Waals surface area (Å²) in [5, 5.41) is 3.28. The molecule has 1 atom stereocenters. The van der Waals surface area contributed by atoms with Gasteiger partial charge in [0.1, 0.15) is 12.6 Å². The molecule has 0 fully saturated rings. The fourth-order valence-electron chi connectivity index (χ4n) is 0.737. The van der Waals surface area contributed by atoms with E-state index in [1.807, 2.05) is 0 Å². The van der Waals surface area contributed by atoms with E-state index in [0.29, 0.717) is 6.42 Å². The largest absolute Gasteiger partial charge is 0.462 e. The van der Waals surface area contributed by atoms with Gasteiger partial charge in [0.25, 0.3) is 0 Å². The zero-order valence-electron chi connectivity index (χ0n) is 8.97. The molecule has 6 N–H and O–H groups in total. The van der Waals surface area contributed by atoms with Crippen LogP contribution in [-0.2, 0) is 14.4 Å². The van der Waals surface area contributed by atoms with E-state index in [4.69, 9.17) is 21.9 Å². The van der Waals surface area contributed by atoms with Gasteiger partial charge in [0.15, 0.2) is 0 Å². The van der Waals surface area contributed by atoms with Crippen LogP contribution in [0, 0.1) is 0 Å². The summed E-state index contributed by atoms with van der Waals surface area (Å²) in [5.41, 5.74) is 15.5. The van der Waals surface area contributed by atoms with Crippen LogP contribution in [0.3, 0.4) is 0 Å². The first kappa shape index (κ1) is 13.5. The Morgan fingerprint density at radius 1 is 1.40 bits per heavy atom. The van der Waals surface area contributed by atoms with Gasteiger partial charge in [-0.3, -0.25) is 4.79 Å². The van der Waals surface area contributed by atoms with Gasteiger partial charge < -0.3 is 26.8 Å². The number of carbonyl (C=O) groups excluding carboxylic acids is 1. The molecule has 0 aromatic heterocycles. The number of hydrogen-bond acceptors (Lipinski definition) is 5. The van der Waals surface area contributed by atoms with Gasteiger partial charge in [-0.25, -0.2) is 0 Å². The Hall–Kier alpha value is -1.50. The van der Waals surface area contributed by atoms with Crippen LogP contribution in [0.25, 0.3) is 0 Å². The van der Waals surface area contributed by atoms with E-state index in [9.17, 15) is 4.79 Å². The molecule has 0 aromatic carbocycles. The summed E-state index contributed by atoms with van der Waals surface area (Å²) < 4.78 is 4.89. The number of nitrogens with two attached hydrogens (primary N) is 3. The molecule has 0 amide bonds. The van der Waals surface area contributed by atoms with Gasteiger partial charge in [0.05, 0.1) is 6.10 Å². The van der Waals surface area contributed by atoms with E-state index in [1.54, 1.807) is 13.8 Å². The van der Waals surface area contributed by atoms with Crippen LogP contribution in [0.1, 0.15) is 20.3 Å². The standard InChI is InChI=1S/C8H18N4O3/c1-5(2)15-7(13)6(9)3-4-14-12-8(10)11/h5-6H,3-4,9H2,1-2H3,(H4,10,11,12)/t6-/m0/s1. The first-order valence-electron chi connectivity index (χ1n) is 4.60. The molecule has 0 radical (unpaired) electrons. The molecule has 0 saturated heterocycles. The average Bonchev–Trinajstić information content (AvgIpc) is 2.10. The monoisotopic (exact) mass is 218 g/mol. The third-order valence-electron chi connectivity index (χ3n) is 1.34. The van der Waals surface area contributed by atoms with Crippen LogP contribution >= 0.6 is 0 Å². The number of nitrogens with zero attached hydrogens (tertiary/aromatic N) is 1. The minimum Gasteiger partial charge on any atom is -0.462 e. The summed E-state index contributed by atoms with van der Waals surface area (Å²) in [6, 6.07) is -0.721. The molecule has 0 unspecified atom stereocenters. The highest BCUT2D eigenvalue weighted by Crippen LogP contribution is 1.97. The summed E-state index contributed by atoms with van der Waals surface area (Å²) >= 11 is 0. The lowest BCUT2D eigenvalue weighted by Gasteiger charge is -2.12. The van der Waals surface area contributed by atoms with E-state index in [0.717, 1.165) is 0 Å². The Bertz CT molecular complexity index is 226. The van der Waals surface area contributed by atoms with Crippen LogP contribution in [0.4, 0.5) is 0 Å². The second-order valence-corrected chi connectivity index (χ2v) is 3.23. The molecular formula is C8H18N4O3. The normalized spacial score (nSPS) is 12.0. The fraction of sp³-hybridized carbons (Fsp3) is 0.750. The molecule has 15 heavy (non-hydrogen) atoms. The fourth-order valence-corrected chi connectivity index (χ4v) is 0.737. The number of guanidine groups is 1. The highest BCUT2D eigenvalue weighted by atomic mass is 16.6. The van der Waals surface area contributed by atoms with Crippen LogP contribution in [0.15, 0.2) is 5.16 Å². The average molecular weight is 218 g/mol. The van der Waals surface area contributed by atoms with E-state index >= 15 is 0 Å². The minimum absolute atomic E-state index is 0.159. The molecule has 7 nitrogen and oxygen atoms in total. The molecule has 0 aromatic rings. The van der Waals surface area contributed by atoms with Crippen molar-refractivity contribution >= 4 is 11.9 Å². The minimum atomic E-state index is -0.721. The zero-order valence-corrected chi connectivity index (χ0v) is 8.97. The van der Waals surface area contributed by atoms with Crippen molar-refractivity contribution in [3.05, 3.63) is 0 Å². The third-order valence-corrected chi connectivity index (χ3v) is 1.34. The van der Waals surface area contributed by atoms with Gasteiger partial charge in [0, 0.05) is 6.42 Å². The molecule has 0 heterocycles. The Morgan fingerprint density at radius 2 is 2.00 bits per heavy atom. The predicted octanol–water partition coefficient (Wildman–Crippen LogP) is -1.14. The Kier molecular flexibility index (Phi) is 6.19. The van der Waals surface area contributed by atoms with Gasteiger partial charge in [-0.2, -0.15) is 0 Å². The zero-order chi connectivity index (χ0) is 11.8. The van der Waals surface area contributed by atoms with Crippen molar-refractivity contribution in [2.24, 2.45) is 22.4 Å². The molecule has 0 aliphatic rings. The number of esters is 1. The summed E-state index contributed by atoms with van der Waals surface area (Å²) in [6.45, 7) is 3.66. The van der Waals surface area contributed by atoms with Gasteiger partial charge in [-0.1, -0.05) is 0 Å². The molecular weight excluding hydrogens is 200 g/mol. The molecule has 0 bridgehead atoms. The highest BCUT2D eigenvalue weighted by Gasteiger charge is 2.16. The molecule has 88 valence electrons. The van der Waals surface area contributed by atoms with Crippen LogP contribution < -0.4 is 17.2 Å². The summed E-state index contributed by atoms with van der Waals surface area (Å²) in [4.78, 5) is 15.9. The quantitative estimate of drug-likeness (QED) is 0.170. The number of oxime groups is 1. The van der Waals surface area contributed by atoms with Gasteiger partial charge >= 0.3 is 5.97 Å². The van der Waals surface area contributed by atoms with Gasteiger partial charge in [0.2, 0.25) is 5.96 Å². The summed E-state index contributed by atoms with van der Waals surface area (Å²) in [5.74, 6) is -0.633. The molecule has 0 saturated carbocycles. The van der Waals surface area contributed by atoms with Crippen molar-refractivity contribution in [3.8, 4) is 0 Å². The second kappa shape index (κ2) is 6.88. The Morgan fingerprint density at radius 3 is 2.47 bits per heavy atom. The van der Waals surface area contributed by atoms with Crippen LogP contribution in [0.5, 0.6) is 0 Å². The van der Waals surface area contributed by atoms with Gasteiger partial charge in [-0.15, -0.1) is 0 Å². The molecule has 7 heteroatoms. The van der Waals surface area contributed by atoms with E-state index in [1.165, 1.54) is 0 Å². The van der Waals surface area contributed by atoms with Crippen molar-refractivity contribution in [2.75, 3.05) is 6.61 Å². The molecule has 0 rings (SSSR count). The lowest BCUT2D eigenvalue weighted by Crippen LogP contribution is -2.34. The lowest BCUT2D eigenvalue weighted by atomic mass is 10.2. The third kappa shape index (κ3) is 7.56. The molecule has 0 aliphatic heterocycles. The maximum atomic E-state index is 11.2. The smallest absolute Gasteiger partial charge is 0.323 e. The van der Waals surface area contributed by atoms with E-state index in [-0.39, 0.29) is 18.7 Å². The number of rotatable bonds is 6. The first-order chi connectivity index (χ1) is 6.93. The predicted molar refractivity (Wildman–Crippen MR) is 55.6 cm³/mol. The Labute approximate surface area is 88.6 Å². The summed E-state index contributed by atoms with van der Waals surface area (Å²) in [7, 11) is 0. The number of carbonyl (C=O) groups is 1. The summed E-state index contributed by atoms with van der Waals surface area (Å²) in [6.07, 6.45) is 0.115. The maximum Gasteiger partial charge on any atom is 0.323 e. The maximum absolute atomic E-state index is 11.2. The van der Waals surface area contributed by atoms with Crippen molar-refractivity contribution in [2.45, 2.75) is 32.4 Å². The number of ether oxygens (including phenoxy) is 1. The van der Waals surface area contributed by atoms with E-state index in [2.05, 4.69) is 9.99 Å². The van der Waals surface area contributed by atoms with Crippen molar-refractivity contribution in [1.29, 1.82) is 0 Å². The van der Waals surface area contributed by atoms with Crippen molar-refractivity contribution in [1.82, 2.24) is 0 Å². The molecule has 0 aliphatic carbocycles. The first-order valence-corrected chi connectivity index (χ1v) is 4.60. The Balaban J connectivity index is 3.69. The van der Waals surface area contributed by atoms with Crippen LogP contribution in [0.2, 0.25) is 0 Å². The second-order valence-electron chi connectivity index (χ2n) is 3.23. The van der Waals surface area contributed by atoms with Crippen LogP contribution in [-0.4, -0.2) is 30.7 Å². The highest BCUT2D eigenvalue weighted by molar-refractivity contribution is 5.75. The lowest BCUT2D eigenvalue weighted by molar-refractivity contribution is -0.149. The van der Waals surface area contributed by atoms with E-state index < -0.39 is 12.0 Å². The number of hydrogen-bond donors (Lipinski definition) is 3. The topological polar surface area (TPSA) is 126 Å². The SMILES string of the molecule is CC(C)OC(=O)[C@@H](N)CCON=C(N)N. The van der Waals surface area contributed by atoms with Crippen molar-refractivity contribution in [3.63, 3.8) is 0 Å².